The molecule has 0 amide bonds. The number of carboxylic acid groups (broad SMARTS) is 1. The van der Waals surface area contributed by atoms with Gasteiger partial charge in [-0.3, -0.25) is 0 Å². The van der Waals surface area contributed by atoms with Crippen LogP contribution in [0.5, 0.6) is 11.5 Å². The zero-order valence-electron chi connectivity index (χ0n) is 9.01. The molecule has 4 heteroatoms. The van der Waals surface area contributed by atoms with Gasteiger partial charge in [-0.15, -0.1) is 0 Å². The maximum absolute atomic E-state index is 10.3. The summed E-state index contributed by atoms with van der Waals surface area (Å²) in [6.07, 6.45) is 3.32. The molecule has 0 fully saturated rings. The number of phenols is 1. The number of carbonyl (C=O) groups is 1. The van der Waals surface area contributed by atoms with Gasteiger partial charge in [-0.1, -0.05) is 13.0 Å². The Kier molecular flexibility index (Phi) is 4.39. The highest BCUT2D eigenvalue weighted by molar-refractivity contribution is 5.85. The van der Waals surface area contributed by atoms with Crippen LogP contribution in [0.2, 0.25) is 0 Å². The Balaban J connectivity index is 2.84. The van der Waals surface area contributed by atoms with Crippen molar-refractivity contribution in [1.82, 2.24) is 0 Å². The summed E-state index contributed by atoms with van der Waals surface area (Å²) in [6.45, 7) is 2.48. The number of benzene rings is 1. The molecule has 0 atom stereocenters. The minimum Gasteiger partial charge on any atom is -0.504 e. The number of ether oxygens (including phenoxy) is 1. The van der Waals surface area contributed by atoms with E-state index >= 15 is 0 Å². The van der Waals surface area contributed by atoms with E-state index in [0.29, 0.717) is 17.9 Å². The van der Waals surface area contributed by atoms with Gasteiger partial charge in [-0.2, -0.15) is 0 Å². The van der Waals surface area contributed by atoms with Gasteiger partial charge in [0.05, 0.1) is 6.61 Å². The van der Waals surface area contributed by atoms with Gasteiger partial charge >= 0.3 is 5.97 Å². The maximum atomic E-state index is 10.3. The molecule has 0 saturated heterocycles. The maximum Gasteiger partial charge on any atom is 0.328 e. The van der Waals surface area contributed by atoms with Gasteiger partial charge in [0.1, 0.15) is 0 Å². The van der Waals surface area contributed by atoms with Crippen molar-refractivity contribution in [3.63, 3.8) is 0 Å². The lowest BCUT2D eigenvalue weighted by Crippen LogP contribution is -1.95. The van der Waals surface area contributed by atoms with Crippen molar-refractivity contribution in [2.45, 2.75) is 13.3 Å². The molecule has 16 heavy (non-hydrogen) atoms. The van der Waals surface area contributed by atoms with E-state index < -0.39 is 5.97 Å². The lowest BCUT2D eigenvalue weighted by molar-refractivity contribution is -0.131. The number of hydrogen-bond donors (Lipinski definition) is 2. The largest absolute Gasteiger partial charge is 0.504 e. The molecule has 86 valence electrons. The number of phenolic OH excluding ortho intramolecular Hbond substituents is 1. The SMILES string of the molecule is CCCOc1cc(C=CC(=O)O)ccc1O. The molecule has 0 radical (unpaired) electrons. The molecule has 1 rings (SSSR count). The summed E-state index contributed by atoms with van der Waals surface area (Å²) in [6, 6.07) is 4.70. The van der Waals surface area contributed by atoms with Crippen molar-refractivity contribution in [3.8, 4) is 11.5 Å². The van der Waals surface area contributed by atoms with Gasteiger partial charge in [0, 0.05) is 6.08 Å². The second-order valence-electron chi connectivity index (χ2n) is 3.25. The summed E-state index contributed by atoms with van der Waals surface area (Å²) >= 11 is 0. The van der Waals surface area contributed by atoms with Crippen LogP contribution >= 0.6 is 0 Å². The highest BCUT2D eigenvalue weighted by Gasteiger charge is 2.02. The summed E-state index contributed by atoms with van der Waals surface area (Å²) in [7, 11) is 0. The Morgan fingerprint density at radius 1 is 1.50 bits per heavy atom. The number of aliphatic carboxylic acids is 1. The molecule has 0 bridgehead atoms. The van der Waals surface area contributed by atoms with Gasteiger partial charge in [-0.05, 0) is 30.2 Å². The summed E-state index contributed by atoms with van der Waals surface area (Å²) in [5, 5.41) is 17.9. The molecule has 2 N–H and O–H groups in total. The van der Waals surface area contributed by atoms with E-state index in [-0.39, 0.29) is 5.75 Å². The Hall–Kier alpha value is -1.97. The van der Waals surface area contributed by atoms with Crippen molar-refractivity contribution in [3.05, 3.63) is 29.8 Å². The molecule has 0 aromatic heterocycles. The molecule has 0 aliphatic heterocycles. The summed E-state index contributed by atoms with van der Waals surface area (Å²) < 4.78 is 5.30. The van der Waals surface area contributed by atoms with E-state index in [4.69, 9.17) is 9.84 Å². The average Bonchev–Trinajstić information content (AvgIpc) is 2.26. The molecule has 0 unspecified atom stereocenters. The Morgan fingerprint density at radius 3 is 2.88 bits per heavy atom. The van der Waals surface area contributed by atoms with Crippen LogP contribution in [0.3, 0.4) is 0 Å². The quantitative estimate of drug-likeness (QED) is 0.750. The Morgan fingerprint density at radius 2 is 2.25 bits per heavy atom. The van der Waals surface area contributed by atoms with Crippen LogP contribution in [0.25, 0.3) is 6.08 Å². The van der Waals surface area contributed by atoms with Gasteiger partial charge in [0.2, 0.25) is 0 Å². The molecule has 0 aliphatic rings. The van der Waals surface area contributed by atoms with E-state index in [2.05, 4.69) is 0 Å². The summed E-state index contributed by atoms with van der Waals surface area (Å²) in [4.78, 5) is 10.3. The predicted octanol–water partition coefficient (Wildman–Crippen LogP) is 2.28. The fourth-order valence-corrected chi connectivity index (χ4v) is 1.13. The highest BCUT2D eigenvalue weighted by atomic mass is 16.5. The van der Waals surface area contributed by atoms with E-state index in [1.165, 1.54) is 12.1 Å². The first-order valence-corrected chi connectivity index (χ1v) is 5.00. The van der Waals surface area contributed by atoms with Crippen LogP contribution in [-0.4, -0.2) is 22.8 Å². The Labute approximate surface area is 93.8 Å². The third kappa shape index (κ3) is 3.65. The molecular weight excluding hydrogens is 208 g/mol. The molecule has 0 spiro atoms. The van der Waals surface area contributed by atoms with E-state index in [1.54, 1.807) is 12.1 Å². The smallest absolute Gasteiger partial charge is 0.328 e. The molecule has 1 aromatic rings. The van der Waals surface area contributed by atoms with Gasteiger partial charge < -0.3 is 14.9 Å². The van der Waals surface area contributed by atoms with Gasteiger partial charge in [0.25, 0.3) is 0 Å². The summed E-state index contributed by atoms with van der Waals surface area (Å²) in [5.74, 6) is -0.584. The number of hydrogen-bond acceptors (Lipinski definition) is 3. The van der Waals surface area contributed by atoms with Crippen LogP contribution in [0.4, 0.5) is 0 Å². The topological polar surface area (TPSA) is 66.8 Å². The van der Waals surface area contributed by atoms with Crippen molar-refractivity contribution in [1.29, 1.82) is 0 Å². The highest BCUT2D eigenvalue weighted by Crippen LogP contribution is 2.27. The van der Waals surface area contributed by atoms with Crippen LogP contribution in [-0.2, 0) is 4.79 Å². The number of aromatic hydroxyl groups is 1. The van der Waals surface area contributed by atoms with E-state index in [9.17, 15) is 9.90 Å². The van der Waals surface area contributed by atoms with E-state index in [1.807, 2.05) is 6.92 Å². The fraction of sp³-hybridized carbons (Fsp3) is 0.250. The monoisotopic (exact) mass is 222 g/mol. The first-order valence-electron chi connectivity index (χ1n) is 5.00. The minimum atomic E-state index is -1.01. The van der Waals surface area contributed by atoms with Gasteiger partial charge in [0.15, 0.2) is 11.5 Å². The normalized spacial score (nSPS) is 10.6. The van der Waals surface area contributed by atoms with Crippen molar-refractivity contribution < 1.29 is 19.7 Å². The lowest BCUT2D eigenvalue weighted by atomic mass is 10.2. The van der Waals surface area contributed by atoms with Crippen molar-refractivity contribution >= 4 is 12.0 Å². The number of carboxylic acids is 1. The van der Waals surface area contributed by atoms with Crippen molar-refractivity contribution in [2.75, 3.05) is 6.61 Å². The van der Waals surface area contributed by atoms with E-state index in [0.717, 1.165) is 12.5 Å². The third-order valence-corrected chi connectivity index (χ3v) is 1.86. The van der Waals surface area contributed by atoms with Crippen molar-refractivity contribution in [2.24, 2.45) is 0 Å². The molecular formula is C12H14O4. The fourth-order valence-electron chi connectivity index (χ4n) is 1.13. The number of rotatable bonds is 5. The standard InChI is InChI=1S/C12H14O4/c1-2-7-16-11-8-9(3-5-10(11)13)4-6-12(14)15/h3-6,8,13H,2,7H2,1H3,(H,14,15). The second kappa shape index (κ2) is 5.80. The Bertz CT molecular complexity index is 396. The first-order chi connectivity index (χ1) is 7.63. The van der Waals surface area contributed by atoms with Crippen LogP contribution in [0.15, 0.2) is 24.3 Å². The second-order valence-corrected chi connectivity index (χ2v) is 3.25. The predicted molar refractivity (Wildman–Crippen MR) is 60.6 cm³/mol. The molecule has 0 aliphatic carbocycles. The van der Waals surface area contributed by atoms with Gasteiger partial charge in [-0.25, -0.2) is 4.79 Å². The van der Waals surface area contributed by atoms with Crippen LogP contribution in [0, 0.1) is 0 Å². The molecule has 0 heterocycles. The van der Waals surface area contributed by atoms with Crippen LogP contribution < -0.4 is 4.74 Å². The minimum absolute atomic E-state index is 0.0564. The third-order valence-electron chi connectivity index (χ3n) is 1.86. The average molecular weight is 222 g/mol. The molecule has 1 aromatic carbocycles. The molecule has 0 saturated carbocycles. The zero-order chi connectivity index (χ0) is 12.0. The lowest BCUT2D eigenvalue weighted by Gasteiger charge is -2.07. The zero-order valence-corrected chi connectivity index (χ0v) is 9.01. The molecule has 4 nitrogen and oxygen atoms in total. The van der Waals surface area contributed by atoms with Crippen LogP contribution in [0.1, 0.15) is 18.9 Å². The summed E-state index contributed by atoms with van der Waals surface area (Å²) in [5.41, 5.74) is 0.673. The first kappa shape index (κ1) is 12.1.